The van der Waals surface area contributed by atoms with Crippen molar-refractivity contribution < 1.29 is 32.6 Å². The lowest BCUT2D eigenvalue weighted by atomic mass is 10.1. The highest BCUT2D eigenvalue weighted by molar-refractivity contribution is 7.16. The molecule has 0 saturated heterocycles. The van der Waals surface area contributed by atoms with E-state index in [1.807, 2.05) is 6.92 Å². The van der Waals surface area contributed by atoms with Crippen molar-refractivity contribution in [1.82, 2.24) is 20.7 Å². The van der Waals surface area contributed by atoms with Crippen LogP contribution in [0, 0.1) is 6.92 Å². The number of hydrogen-bond acceptors (Lipinski definition) is 9. The summed E-state index contributed by atoms with van der Waals surface area (Å²) in [7, 11) is 0. The lowest BCUT2D eigenvalue weighted by molar-refractivity contribution is -0.274. The third-order valence-electron chi connectivity index (χ3n) is 5.15. The van der Waals surface area contributed by atoms with Gasteiger partial charge < -0.3 is 15.2 Å². The maximum atomic E-state index is 12.6. The monoisotopic (exact) mass is 575 g/mol. The smallest absolute Gasteiger partial charge is 0.506 e. The first-order valence-corrected chi connectivity index (χ1v) is 12.9. The van der Waals surface area contributed by atoms with E-state index in [2.05, 4.69) is 30.5 Å². The standard InChI is InChI=1S/C25H20F3N5O4S2/c1-13-9-30-16(10-29-13)11-31-23(35)19-7-8-20(39-19)24(36)33-32-14(2)18-12-38-22(21(18)34)15-3-5-17(6-4-15)37-25(26,27)28/h3-10,12,34H,11H2,1-2H3,(H,31,35)(H,33,36). The van der Waals surface area contributed by atoms with Crippen LogP contribution < -0.4 is 15.5 Å². The van der Waals surface area contributed by atoms with Gasteiger partial charge in [0.25, 0.3) is 11.8 Å². The predicted molar refractivity (Wildman–Crippen MR) is 140 cm³/mol. The number of halogens is 3. The Labute approximate surface area is 228 Å². The number of benzene rings is 1. The molecule has 0 aliphatic heterocycles. The van der Waals surface area contributed by atoms with E-state index in [0.717, 1.165) is 40.5 Å². The number of aryl methyl sites for hydroxylation is 1. The predicted octanol–water partition coefficient (Wildman–Crippen LogP) is 5.26. The fourth-order valence-corrected chi connectivity index (χ4v) is 5.05. The number of carbonyl (C=O) groups is 2. The zero-order valence-corrected chi connectivity index (χ0v) is 22.0. The SMILES string of the molecule is CC(=NNC(=O)c1ccc(C(=O)NCc2cnc(C)cn2)s1)c1csc(-c2ccc(OC(F)(F)F)cc2)c1O. The number of aromatic hydroxyl groups is 1. The summed E-state index contributed by atoms with van der Waals surface area (Å²) >= 11 is 2.15. The van der Waals surface area contributed by atoms with Crippen LogP contribution in [-0.4, -0.2) is 39.0 Å². The molecule has 4 rings (SSSR count). The lowest BCUT2D eigenvalue weighted by Gasteiger charge is -2.09. The van der Waals surface area contributed by atoms with Crippen LogP contribution in [0.2, 0.25) is 0 Å². The Morgan fingerprint density at radius 2 is 1.74 bits per heavy atom. The molecular formula is C25H20F3N5O4S2. The van der Waals surface area contributed by atoms with Crippen molar-refractivity contribution in [2.24, 2.45) is 5.10 Å². The summed E-state index contributed by atoms with van der Waals surface area (Å²) in [4.78, 5) is 34.3. The summed E-state index contributed by atoms with van der Waals surface area (Å²) in [5, 5.41) is 19.0. The first-order chi connectivity index (χ1) is 18.5. The number of nitrogens with one attached hydrogen (secondary N) is 2. The Kier molecular flexibility index (Phi) is 8.26. The van der Waals surface area contributed by atoms with E-state index >= 15 is 0 Å². The first-order valence-electron chi connectivity index (χ1n) is 11.2. The highest BCUT2D eigenvalue weighted by Crippen LogP contribution is 2.39. The zero-order valence-electron chi connectivity index (χ0n) is 20.4. The van der Waals surface area contributed by atoms with Gasteiger partial charge in [-0.2, -0.15) is 5.10 Å². The first kappa shape index (κ1) is 27.7. The molecule has 0 aliphatic carbocycles. The Bertz CT molecular complexity index is 1510. The number of nitrogens with zero attached hydrogens (tertiary/aromatic N) is 3. The van der Waals surface area contributed by atoms with E-state index in [9.17, 15) is 27.9 Å². The second kappa shape index (κ2) is 11.6. The molecule has 0 unspecified atom stereocenters. The highest BCUT2D eigenvalue weighted by Gasteiger charge is 2.31. The fourth-order valence-electron chi connectivity index (χ4n) is 3.22. The molecule has 0 spiro atoms. The molecule has 9 nitrogen and oxygen atoms in total. The molecular weight excluding hydrogens is 555 g/mol. The van der Waals surface area contributed by atoms with Crippen molar-refractivity contribution in [2.75, 3.05) is 0 Å². The lowest BCUT2D eigenvalue weighted by Crippen LogP contribution is -2.22. The van der Waals surface area contributed by atoms with Crippen molar-refractivity contribution in [3.05, 3.63) is 80.9 Å². The van der Waals surface area contributed by atoms with Crippen LogP contribution in [0.15, 0.2) is 59.3 Å². The summed E-state index contributed by atoms with van der Waals surface area (Å²) < 4.78 is 41.0. The van der Waals surface area contributed by atoms with Gasteiger partial charge in [-0.1, -0.05) is 0 Å². The Morgan fingerprint density at radius 1 is 1.05 bits per heavy atom. The van der Waals surface area contributed by atoms with Crippen molar-refractivity contribution in [3.63, 3.8) is 0 Å². The molecule has 0 bridgehead atoms. The summed E-state index contributed by atoms with van der Waals surface area (Å²) in [5.41, 5.74) is 4.88. The van der Waals surface area contributed by atoms with E-state index in [4.69, 9.17) is 0 Å². The van der Waals surface area contributed by atoms with Crippen molar-refractivity contribution >= 4 is 40.2 Å². The molecule has 14 heteroatoms. The summed E-state index contributed by atoms with van der Waals surface area (Å²) in [6.45, 7) is 3.57. The third kappa shape index (κ3) is 7.18. The minimum atomic E-state index is -4.80. The van der Waals surface area contributed by atoms with Gasteiger partial charge in [0.2, 0.25) is 0 Å². The molecule has 4 aromatic rings. The zero-order chi connectivity index (χ0) is 28.2. The molecule has 3 aromatic heterocycles. The molecule has 0 radical (unpaired) electrons. The number of aromatic nitrogens is 2. The van der Waals surface area contributed by atoms with Gasteiger partial charge in [0.05, 0.1) is 50.0 Å². The van der Waals surface area contributed by atoms with Crippen LogP contribution in [0.3, 0.4) is 0 Å². The second-order valence-electron chi connectivity index (χ2n) is 8.03. The maximum absolute atomic E-state index is 12.6. The molecule has 1 aromatic carbocycles. The number of hydrazone groups is 1. The maximum Gasteiger partial charge on any atom is 0.573 e. The van der Waals surface area contributed by atoms with E-state index in [0.29, 0.717) is 32.3 Å². The van der Waals surface area contributed by atoms with E-state index < -0.39 is 12.3 Å². The van der Waals surface area contributed by atoms with Gasteiger partial charge in [0.15, 0.2) is 0 Å². The fraction of sp³-hybridized carbons (Fsp3) is 0.160. The van der Waals surface area contributed by atoms with Gasteiger partial charge in [-0.15, -0.1) is 35.8 Å². The van der Waals surface area contributed by atoms with E-state index in [1.165, 1.54) is 24.3 Å². The van der Waals surface area contributed by atoms with Crippen LogP contribution in [-0.2, 0) is 6.54 Å². The Hall–Kier alpha value is -4.30. The van der Waals surface area contributed by atoms with Crippen molar-refractivity contribution in [3.8, 4) is 21.9 Å². The Balaban J connectivity index is 1.37. The largest absolute Gasteiger partial charge is 0.573 e. The average Bonchev–Trinajstić information content (AvgIpc) is 3.54. The minimum Gasteiger partial charge on any atom is -0.506 e. The molecule has 3 N–H and O–H groups in total. The molecule has 0 atom stereocenters. The molecule has 0 aliphatic rings. The van der Waals surface area contributed by atoms with Gasteiger partial charge in [-0.3, -0.25) is 19.6 Å². The number of alkyl halides is 3. The van der Waals surface area contributed by atoms with Crippen LogP contribution in [0.5, 0.6) is 11.5 Å². The van der Waals surface area contributed by atoms with Crippen LogP contribution >= 0.6 is 22.7 Å². The number of amides is 2. The molecule has 202 valence electrons. The highest BCUT2D eigenvalue weighted by atomic mass is 32.1. The number of carbonyl (C=O) groups excluding carboxylic acids is 2. The summed E-state index contributed by atoms with van der Waals surface area (Å²) in [6, 6.07) is 8.10. The van der Waals surface area contributed by atoms with Crippen LogP contribution in [0.1, 0.15) is 43.2 Å². The van der Waals surface area contributed by atoms with Gasteiger partial charge in [-0.25, -0.2) is 5.43 Å². The molecule has 39 heavy (non-hydrogen) atoms. The van der Waals surface area contributed by atoms with Crippen molar-refractivity contribution in [1.29, 1.82) is 0 Å². The topological polar surface area (TPSA) is 126 Å². The summed E-state index contributed by atoms with van der Waals surface area (Å²) in [5.74, 6) is -1.42. The molecule has 3 heterocycles. The third-order valence-corrected chi connectivity index (χ3v) is 7.25. The van der Waals surface area contributed by atoms with Gasteiger partial charge in [0.1, 0.15) is 11.5 Å². The number of ether oxygens (including phenoxy) is 1. The minimum absolute atomic E-state index is 0.131. The quantitative estimate of drug-likeness (QED) is 0.194. The molecule has 2 amide bonds. The molecule has 0 saturated carbocycles. The van der Waals surface area contributed by atoms with Gasteiger partial charge in [0, 0.05) is 11.6 Å². The van der Waals surface area contributed by atoms with Crippen LogP contribution in [0.25, 0.3) is 10.4 Å². The summed E-state index contributed by atoms with van der Waals surface area (Å²) in [6.07, 6.45) is -1.63. The normalized spacial score (nSPS) is 11.8. The second-order valence-corrected chi connectivity index (χ2v) is 10.00. The van der Waals surface area contributed by atoms with Gasteiger partial charge >= 0.3 is 6.36 Å². The average molecular weight is 576 g/mol. The Morgan fingerprint density at radius 3 is 2.38 bits per heavy atom. The number of hydrogen-bond donors (Lipinski definition) is 3. The van der Waals surface area contributed by atoms with Crippen LogP contribution in [0.4, 0.5) is 13.2 Å². The van der Waals surface area contributed by atoms with Crippen molar-refractivity contribution in [2.45, 2.75) is 26.8 Å². The van der Waals surface area contributed by atoms with E-state index in [-0.39, 0.29) is 28.8 Å². The number of thiophene rings is 2. The van der Waals surface area contributed by atoms with E-state index in [1.54, 1.807) is 24.7 Å². The molecule has 0 fully saturated rings. The number of rotatable bonds is 8. The van der Waals surface area contributed by atoms with Gasteiger partial charge in [-0.05, 0) is 55.8 Å².